The monoisotopic (exact) mass is 221 g/mol. The number of hydrogen-bond acceptors (Lipinski definition) is 5. The Balaban J connectivity index is 3.81. The molecule has 0 saturated carbocycles. The standard InChI is InChI=1S/C9H16FNO4/c1-9(2,3)8(13)15-5-14-7(12)6(11)4-10/h6H,4-5,11H2,1-3H3/t6-/m1/s1. The maximum Gasteiger partial charge on any atom is 0.328 e. The Bertz CT molecular complexity index is 237. The third-order valence-electron chi connectivity index (χ3n) is 1.47. The fourth-order valence-electron chi connectivity index (χ4n) is 0.528. The van der Waals surface area contributed by atoms with Gasteiger partial charge in [0.25, 0.3) is 0 Å². The van der Waals surface area contributed by atoms with Gasteiger partial charge in [0, 0.05) is 0 Å². The Morgan fingerprint density at radius 3 is 2.27 bits per heavy atom. The van der Waals surface area contributed by atoms with Gasteiger partial charge in [-0.1, -0.05) is 0 Å². The van der Waals surface area contributed by atoms with Crippen molar-refractivity contribution in [1.82, 2.24) is 0 Å². The van der Waals surface area contributed by atoms with Crippen LogP contribution in [0.4, 0.5) is 4.39 Å². The third-order valence-corrected chi connectivity index (χ3v) is 1.47. The fraction of sp³-hybridized carbons (Fsp3) is 0.778. The molecule has 0 aromatic carbocycles. The van der Waals surface area contributed by atoms with Crippen LogP contribution in [0.25, 0.3) is 0 Å². The van der Waals surface area contributed by atoms with E-state index in [1.165, 1.54) is 0 Å². The Morgan fingerprint density at radius 2 is 1.87 bits per heavy atom. The number of halogens is 1. The molecule has 6 heteroatoms. The first-order chi connectivity index (χ1) is 6.79. The van der Waals surface area contributed by atoms with E-state index in [-0.39, 0.29) is 0 Å². The van der Waals surface area contributed by atoms with Gasteiger partial charge in [0.15, 0.2) is 0 Å². The third kappa shape index (κ3) is 5.31. The van der Waals surface area contributed by atoms with E-state index in [1.54, 1.807) is 20.8 Å². The Labute approximate surface area is 87.7 Å². The van der Waals surface area contributed by atoms with Gasteiger partial charge in [0.2, 0.25) is 6.79 Å². The molecule has 0 aromatic heterocycles. The number of esters is 2. The van der Waals surface area contributed by atoms with Crippen molar-refractivity contribution in [2.45, 2.75) is 26.8 Å². The zero-order valence-corrected chi connectivity index (χ0v) is 9.08. The summed E-state index contributed by atoms with van der Waals surface area (Å²) >= 11 is 0. The second-order valence-electron chi connectivity index (χ2n) is 4.02. The van der Waals surface area contributed by atoms with Crippen LogP contribution in [0.5, 0.6) is 0 Å². The van der Waals surface area contributed by atoms with Crippen LogP contribution in [-0.4, -0.2) is 31.4 Å². The number of carbonyl (C=O) groups is 2. The SMILES string of the molecule is CC(C)(C)C(=O)OCOC(=O)[C@H](N)CF. The lowest BCUT2D eigenvalue weighted by atomic mass is 9.98. The quantitative estimate of drug-likeness (QED) is 0.548. The average Bonchev–Trinajstić information content (AvgIpc) is 2.14. The number of ether oxygens (including phenoxy) is 2. The summed E-state index contributed by atoms with van der Waals surface area (Å²) < 4.78 is 20.9. The van der Waals surface area contributed by atoms with Crippen LogP contribution in [0.15, 0.2) is 0 Å². The molecule has 0 bridgehead atoms. The smallest absolute Gasteiger partial charge is 0.328 e. The molecule has 0 saturated heterocycles. The van der Waals surface area contributed by atoms with Gasteiger partial charge in [0.1, 0.15) is 12.7 Å². The van der Waals surface area contributed by atoms with Crippen LogP contribution in [0.2, 0.25) is 0 Å². The second kappa shape index (κ2) is 5.65. The van der Waals surface area contributed by atoms with Crippen molar-refractivity contribution in [3.05, 3.63) is 0 Å². The van der Waals surface area contributed by atoms with E-state index in [1.807, 2.05) is 0 Å². The summed E-state index contributed by atoms with van der Waals surface area (Å²) in [5.74, 6) is -1.44. The Morgan fingerprint density at radius 1 is 1.33 bits per heavy atom. The van der Waals surface area contributed by atoms with Gasteiger partial charge in [-0.25, -0.2) is 4.39 Å². The Hall–Kier alpha value is -1.17. The van der Waals surface area contributed by atoms with Gasteiger partial charge in [0.05, 0.1) is 5.41 Å². The first-order valence-corrected chi connectivity index (χ1v) is 4.44. The summed E-state index contributed by atoms with van der Waals surface area (Å²) in [7, 11) is 0. The highest BCUT2D eigenvalue weighted by atomic mass is 19.1. The summed E-state index contributed by atoms with van der Waals surface area (Å²) in [4.78, 5) is 22.0. The summed E-state index contributed by atoms with van der Waals surface area (Å²) in [6, 6.07) is -1.32. The number of carbonyl (C=O) groups excluding carboxylic acids is 2. The number of hydrogen-bond donors (Lipinski definition) is 1. The van der Waals surface area contributed by atoms with Crippen molar-refractivity contribution >= 4 is 11.9 Å². The van der Waals surface area contributed by atoms with E-state index in [4.69, 9.17) is 5.73 Å². The topological polar surface area (TPSA) is 78.6 Å². The normalized spacial score (nSPS) is 13.1. The van der Waals surface area contributed by atoms with Gasteiger partial charge in [-0.3, -0.25) is 9.59 Å². The minimum Gasteiger partial charge on any atom is -0.427 e. The summed E-state index contributed by atoms with van der Waals surface area (Å²) in [5.41, 5.74) is 4.36. The molecule has 0 heterocycles. The highest BCUT2D eigenvalue weighted by molar-refractivity contribution is 5.77. The molecule has 88 valence electrons. The van der Waals surface area contributed by atoms with E-state index in [0.717, 1.165) is 0 Å². The first kappa shape index (κ1) is 13.8. The van der Waals surface area contributed by atoms with E-state index in [2.05, 4.69) is 9.47 Å². The lowest BCUT2D eigenvalue weighted by Gasteiger charge is -2.16. The highest BCUT2D eigenvalue weighted by Gasteiger charge is 2.23. The average molecular weight is 221 g/mol. The van der Waals surface area contributed by atoms with Crippen LogP contribution >= 0.6 is 0 Å². The van der Waals surface area contributed by atoms with Crippen molar-refractivity contribution < 1.29 is 23.5 Å². The van der Waals surface area contributed by atoms with Crippen molar-refractivity contribution in [3.8, 4) is 0 Å². The molecular formula is C9H16FNO4. The Kier molecular flexibility index (Phi) is 5.21. The van der Waals surface area contributed by atoms with Gasteiger partial charge in [-0.2, -0.15) is 0 Å². The molecule has 1 atom stereocenters. The largest absolute Gasteiger partial charge is 0.427 e. The lowest BCUT2D eigenvalue weighted by Crippen LogP contribution is -2.35. The van der Waals surface area contributed by atoms with Gasteiger partial charge < -0.3 is 15.2 Å². The van der Waals surface area contributed by atoms with Crippen LogP contribution < -0.4 is 5.73 Å². The molecular weight excluding hydrogens is 205 g/mol. The minimum absolute atomic E-state index is 0.510. The van der Waals surface area contributed by atoms with Crippen LogP contribution in [0.1, 0.15) is 20.8 Å². The van der Waals surface area contributed by atoms with Crippen molar-refractivity contribution in [2.24, 2.45) is 11.1 Å². The fourth-order valence-corrected chi connectivity index (χ4v) is 0.528. The summed E-state index contributed by atoms with van der Waals surface area (Å²) in [6.07, 6.45) is 0. The molecule has 0 aliphatic rings. The molecule has 15 heavy (non-hydrogen) atoms. The molecule has 0 aliphatic heterocycles. The second-order valence-corrected chi connectivity index (χ2v) is 4.02. The maximum absolute atomic E-state index is 11.9. The van der Waals surface area contributed by atoms with Gasteiger partial charge in [-0.05, 0) is 20.8 Å². The summed E-state index contributed by atoms with van der Waals surface area (Å²) in [5, 5.41) is 0. The minimum atomic E-state index is -1.32. The van der Waals surface area contributed by atoms with E-state index in [0.29, 0.717) is 0 Å². The number of nitrogens with two attached hydrogens (primary N) is 1. The summed E-state index contributed by atoms with van der Waals surface area (Å²) in [6.45, 7) is 3.42. The molecule has 0 aromatic rings. The molecule has 0 spiro atoms. The highest BCUT2D eigenvalue weighted by Crippen LogP contribution is 2.14. The van der Waals surface area contributed by atoms with Gasteiger partial charge >= 0.3 is 11.9 Å². The lowest BCUT2D eigenvalue weighted by molar-refractivity contribution is -0.173. The molecule has 5 nitrogen and oxygen atoms in total. The molecule has 0 radical (unpaired) electrons. The van der Waals surface area contributed by atoms with Crippen LogP contribution in [0.3, 0.4) is 0 Å². The predicted octanol–water partition coefficient (Wildman–Crippen LogP) is 0.373. The van der Waals surface area contributed by atoms with Crippen molar-refractivity contribution in [1.29, 1.82) is 0 Å². The van der Waals surface area contributed by atoms with E-state index < -0.39 is 36.9 Å². The molecule has 0 aliphatic carbocycles. The molecule has 0 fully saturated rings. The van der Waals surface area contributed by atoms with E-state index >= 15 is 0 Å². The van der Waals surface area contributed by atoms with Crippen molar-refractivity contribution in [2.75, 3.05) is 13.5 Å². The van der Waals surface area contributed by atoms with Crippen molar-refractivity contribution in [3.63, 3.8) is 0 Å². The van der Waals surface area contributed by atoms with Crippen LogP contribution in [-0.2, 0) is 19.1 Å². The first-order valence-electron chi connectivity index (χ1n) is 4.44. The number of rotatable bonds is 4. The maximum atomic E-state index is 11.9. The van der Waals surface area contributed by atoms with Gasteiger partial charge in [-0.15, -0.1) is 0 Å². The molecule has 0 amide bonds. The molecule has 2 N–H and O–H groups in total. The molecule has 0 unspecified atom stereocenters. The zero-order chi connectivity index (χ0) is 12.1. The zero-order valence-electron chi connectivity index (χ0n) is 9.08. The van der Waals surface area contributed by atoms with Crippen LogP contribution in [0, 0.1) is 5.41 Å². The van der Waals surface area contributed by atoms with E-state index in [9.17, 15) is 14.0 Å². The molecule has 0 rings (SSSR count). The predicted molar refractivity (Wildman–Crippen MR) is 50.5 cm³/mol. The number of alkyl halides is 1.